The summed E-state index contributed by atoms with van der Waals surface area (Å²) >= 11 is 0. The van der Waals surface area contributed by atoms with Gasteiger partial charge >= 0.3 is 11.9 Å². The molecule has 4 heteroatoms. The number of rotatable bonds is 0. The van der Waals surface area contributed by atoms with Gasteiger partial charge in [0.25, 0.3) is 5.79 Å². The van der Waals surface area contributed by atoms with Crippen LogP contribution in [0.1, 0.15) is 39.5 Å². The molecule has 1 aliphatic heterocycles. The highest BCUT2D eigenvalue weighted by Gasteiger charge is 2.47. The van der Waals surface area contributed by atoms with E-state index in [1.165, 1.54) is 0 Å². The van der Waals surface area contributed by atoms with E-state index in [1.54, 1.807) is 0 Å². The molecule has 1 heterocycles. The summed E-state index contributed by atoms with van der Waals surface area (Å²) in [4.78, 5) is 22.5. The quantitative estimate of drug-likeness (QED) is 0.452. The van der Waals surface area contributed by atoms with Crippen LogP contribution in [-0.4, -0.2) is 17.7 Å². The average molecular weight is 212 g/mol. The molecule has 1 spiro atoms. The molecule has 15 heavy (non-hydrogen) atoms. The third-order valence-electron chi connectivity index (χ3n) is 3.01. The van der Waals surface area contributed by atoms with Crippen LogP contribution in [0.2, 0.25) is 0 Å². The van der Waals surface area contributed by atoms with Crippen LogP contribution < -0.4 is 0 Å². The van der Waals surface area contributed by atoms with Crippen LogP contribution in [0.25, 0.3) is 0 Å². The van der Waals surface area contributed by atoms with Crippen LogP contribution >= 0.6 is 0 Å². The van der Waals surface area contributed by atoms with Gasteiger partial charge in [-0.2, -0.15) is 0 Å². The summed E-state index contributed by atoms with van der Waals surface area (Å²) in [5.74, 6) is -1.01. The summed E-state index contributed by atoms with van der Waals surface area (Å²) in [5, 5.41) is 0. The molecule has 0 bridgehead atoms. The highest BCUT2D eigenvalue weighted by Crippen LogP contribution is 2.41. The molecule has 1 saturated heterocycles. The lowest BCUT2D eigenvalue weighted by Gasteiger charge is -2.42. The van der Waals surface area contributed by atoms with Crippen molar-refractivity contribution in [1.82, 2.24) is 0 Å². The number of carbonyl (C=O) groups excluding carboxylic acids is 2. The molecule has 2 aliphatic rings. The van der Waals surface area contributed by atoms with Crippen molar-refractivity contribution in [2.75, 3.05) is 0 Å². The Kier molecular flexibility index (Phi) is 2.44. The van der Waals surface area contributed by atoms with E-state index in [0.717, 1.165) is 6.42 Å². The maximum Gasteiger partial charge on any atom is 0.320 e. The van der Waals surface area contributed by atoms with Crippen molar-refractivity contribution in [3.05, 3.63) is 0 Å². The van der Waals surface area contributed by atoms with Gasteiger partial charge in [0.05, 0.1) is 0 Å². The van der Waals surface area contributed by atoms with Gasteiger partial charge < -0.3 is 9.47 Å². The highest BCUT2D eigenvalue weighted by molar-refractivity contribution is 5.93. The lowest BCUT2D eigenvalue weighted by molar-refractivity contribution is -0.260. The molecule has 0 aromatic heterocycles. The van der Waals surface area contributed by atoms with Gasteiger partial charge in [-0.05, 0) is 18.3 Å². The molecule has 0 aromatic rings. The van der Waals surface area contributed by atoms with Gasteiger partial charge in [0.2, 0.25) is 0 Å². The number of hydrogen-bond donors (Lipinski definition) is 0. The fourth-order valence-electron chi connectivity index (χ4n) is 2.79. The Balaban J connectivity index is 2.16. The molecule has 1 aliphatic carbocycles. The fourth-order valence-corrected chi connectivity index (χ4v) is 2.79. The Hall–Kier alpha value is -1.06. The fraction of sp³-hybridized carbons (Fsp3) is 0.818. The number of carbonyl (C=O) groups is 2. The summed E-state index contributed by atoms with van der Waals surface area (Å²) in [6.07, 6.45) is 2.12. The zero-order valence-electron chi connectivity index (χ0n) is 9.12. The zero-order chi connectivity index (χ0) is 11.1. The predicted molar refractivity (Wildman–Crippen MR) is 51.7 cm³/mol. The SMILES string of the molecule is C[C@@H]1C[C@@H](C)CC2(C1)OC(=O)CC(=O)O2. The van der Waals surface area contributed by atoms with E-state index in [0.29, 0.717) is 24.7 Å². The summed E-state index contributed by atoms with van der Waals surface area (Å²) in [6.45, 7) is 4.18. The molecule has 0 N–H and O–H groups in total. The Labute approximate surface area is 88.9 Å². The van der Waals surface area contributed by atoms with Crippen LogP contribution in [-0.2, 0) is 19.1 Å². The smallest absolute Gasteiger partial charge is 0.320 e. The van der Waals surface area contributed by atoms with E-state index >= 15 is 0 Å². The highest BCUT2D eigenvalue weighted by atomic mass is 16.7. The average Bonchev–Trinajstić information content (AvgIpc) is 1.96. The molecule has 2 atom stereocenters. The van der Waals surface area contributed by atoms with Crippen LogP contribution in [0.4, 0.5) is 0 Å². The van der Waals surface area contributed by atoms with Gasteiger partial charge in [-0.25, -0.2) is 0 Å². The van der Waals surface area contributed by atoms with E-state index in [4.69, 9.17) is 9.47 Å². The molecule has 0 amide bonds. The summed E-state index contributed by atoms with van der Waals surface area (Å²) in [6, 6.07) is 0. The van der Waals surface area contributed by atoms with Crippen molar-refractivity contribution < 1.29 is 19.1 Å². The maximum atomic E-state index is 11.2. The number of esters is 2. The van der Waals surface area contributed by atoms with Gasteiger partial charge in [-0.1, -0.05) is 13.8 Å². The summed E-state index contributed by atoms with van der Waals surface area (Å²) < 4.78 is 10.5. The first-order chi connectivity index (χ1) is 6.99. The van der Waals surface area contributed by atoms with Crippen LogP contribution in [0.3, 0.4) is 0 Å². The lowest BCUT2D eigenvalue weighted by Crippen LogP contribution is -2.49. The number of hydrogen-bond acceptors (Lipinski definition) is 4. The van der Waals surface area contributed by atoms with Crippen molar-refractivity contribution >= 4 is 11.9 Å². The van der Waals surface area contributed by atoms with Crippen molar-refractivity contribution in [3.8, 4) is 0 Å². The summed E-state index contributed by atoms with van der Waals surface area (Å²) in [5.41, 5.74) is 0. The van der Waals surface area contributed by atoms with Crippen LogP contribution in [0.15, 0.2) is 0 Å². The van der Waals surface area contributed by atoms with Crippen LogP contribution in [0.5, 0.6) is 0 Å². The monoisotopic (exact) mass is 212 g/mol. The second-order valence-corrected chi connectivity index (χ2v) is 4.89. The predicted octanol–water partition coefficient (Wildman–Crippen LogP) is 1.63. The third-order valence-corrected chi connectivity index (χ3v) is 3.01. The van der Waals surface area contributed by atoms with Gasteiger partial charge in [0, 0.05) is 12.8 Å². The third kappa shape index (κ3) is 2.13. The van der Waals surface area contributed by atoms with E-state index in [2.05, 4.69) is 13.8 Å². The van der Waals surface area contributed by atoms with Crippen molar-refractivity contribution in [2.45, 2.75) is 45.3 Å². The molecule has 0 aromatic carbocycles. The first-order valence-electron chi connectivity index (χ1n) is 5.43. The Morgan fingerprint density at radius 1 is 1.07 bits per heavy atom. The van der Waals surface area contributed by atoms with Gasteiger partial charge in [-0.3, -0.25) is 9.59 Å². The van der Waals surface area contributed by atoms with Crippen molar-refractivity contribution in [3.63, 3.8) is 0 Å². The van der Waals surface area contributed by atoms with Gasteiger partial charge in [-0.15, -0.1) is 0 Å². The molecule has 0 unspecified atom stereocenters. The minimum Gasteiger partial charge on any atom is -0.422 e. The number of ether oxygens (including phenoxy) is 2. The minimum atomic E-state index is -0.955. The molecule has 1 saturated carbocycles. The molecule has 2 fully saturated rings. The minimum absolute atomic E-state index is 0.246. The van der Waals surface area contributed by atoms with Crippen molar-refractivity contribution in [1.29, 1.82) is 0 Å². The van der Waals surface area contributed by atoms with Crippen molar-refractivity contribution in [2.24, 2.45) is 11.8 Å². The maximum absolute atomic E-state index is 11.2. The molecule has 4 nitrogen and oxygen atoms in total. The molecule has 0 radical (unpaired) electrons. The summed E-state index contributed by atoms with van der Waals surface area (Å²) in [7, 11) is 0. The normalized spacial score (nSPS) is 34.8. The van der Waals surface area contributed by atoms with Gasteiger partial charge in [0.1, 0.15) is 6.42 Å². The largest absolute Gasteiger partial charge is 0.422 e. The van der Waals surface area contributed by atoms with E-state index in [-0.39, 0.29) is 6.42 Å². The molecular formula is C11H16O4. The second-order valence-electron chi connectivity index (χ2n) is 4.89. The topological polar surface area (TPSA) is 52.6 Å². The Morgan fingerprint density at radius 3 is 2.00 bits per heavy atom. The second kappa shape index (κ2) is 3.51. The van der Waals surface area contributed by atoms with E-state index in [1.807, 2.05) is 0 Å². The standard InChI is InChI=1S/C11H16O4/c1-7-3-8(2)6-11(5-7)14-9(12)4-10(13)15-11/h7-8H,3-6H2,1-2H3/t7-,8-/m1/s1. The van der Waals surface area contributed by atoms with Gasteiger partial charge in [0.15, 0.2) is 0 Å². The first kappa shape index (κ1) is 10.5. The van der Waals surface area contributed by atoms with E-state index < -0.39 is 17.7 Å². The Bertz CT molecular complexity index is 269. The molecular weight excluding hydrogens is 196 g/mol. The lowest BCUT2D eigenvalue weighted by atomic mass is 9.79. The zero-order valence-corrected chi connectivity index (χ0v) is 9.12. The molecule has 2 rings (SSSR count). The first-order valence-corrected chi connectivity index (χ1v) is 5.43. The van der Waals surface area contributed by atoms with E-state index in [9.17, 15) is 9.59 Å². The molecule has 84 valence electrons. The Morgan fingerprint density at radius 2 is 1.53 bits per heavy atom. The van der Waals surface area contributed by atoms with Crippen LogP contribution in [0, 0.1) is 11.8 Å².